The molecule has 0 saturated heterocycles. The van der Waals surface area contributed by atoms with Crippen molar-refractivity contribution in [2.24, 2.45) is 0 Å². The molecule has 0 aromatic carbocycles. The summed E-state index contributed by atoms with van der Waals surface area (Å²) in [6.45, 7) is 4.07. The smallest absolute Gasteiger partial charge is 0.306 e. The molecule has 2 atom stereocenters. The lowest BCUT2D eigenvalue weighted by atomic mass is 10.1. The third-order valence-corrected chi connectivity index (χ3v) is 9.46. The second-order valence-electron chi connectivity index (χ2n) is 15.0. The minimum Gasteiger partial charge on any atom is -0.756 e. The van der Waals surface area contributed by atoms with Gasteiger partial charge in [-0.05, 0) is 77.0 Å². The molecule has 0 spiro atoms. The molecule has 0 fully saturated rings. The highest BCUT2D eigenvalue weighted by Crippen LogP contribution is 2.38. The molecule has 54 heavy (non-hydrogen) atoms. The SMILES string of the molecule is CCC/C=C/C/C=C/C/C=C/C/C=C/CCCCCC(=O)OC[C@H](COP(=O)([O-])OCC[N+](C)(C)C)OC(=O)CCCCCCC/C=C/CCCCCC. The highest BCUT2D eigenvalue weighted by Gasteiger charge is 2.21. The first-order valence-electron chi connectivity index (χ1n) is 21.0. The number of carbonyl (C=O) groups is 2. The minimum absolute atomic E-state index is 0.0403. The number of phosphoric acid groups is 1. The first kappa shape index (κ1) is 51.7. The Balaban J connectivity index is 4.47. The number of likely N-dealkylation sites (N-methyl/N-ethyl adjacent to an activating group) is 1. The second kappa shape index (κ2) is 36.4. The number of nitrogens with zero attached hydrogens (tertiary/aromatic N) is 1. The number of quaternary nitrogens is 1. The van der Waals surface area contributed by atoms with E-state index in [9.17, 15) is 19.0 Å². The predicted molar refractivity (Wildman–Crippen MR) is 222 cm³/mol. The lowest BCUT2D eigenvalue weighted by Gasteiger charge is -2.28. The van der Waals surface area contributed by atoms with Crippen LogP contribution < -0.4 is 4.89 Å². The molecule has 0 N–H and O–H groups in total. The third-order valence-electron chi connectivity index (χ3n) is 8.49. The van der Waals surface area contributed by atoms with Gasteiger partial charge in [0.1, 0.15) is 19.8 Å². The Morgan fingerprint density at radius 1 is 0.574 bits per heavy atom. The lowest BCUT2D eigenvalue weighted by Crippen LogP contribution is -2.37. The van der Waals surface area contributed by atoms with Gasteiger partial charge in [-0.1, -0.05) is 126 Å². The maximum Gasteiger partial charge on any atom is 0.306 e. The predicted octanol–water partition coefficient (Wildman–Crippen LogP) is 11.1. The van der Waals surface area contributed by atoms with Crippen molar-refractivity contribution in [2.75, 3.05) is 47.5 Å². The van der Waals surface area contributed by atoms with E-state index in [1.54, 1.807) is 0 Å². The Labute approximate surface area is 330 Å². The molecular formula is C44H78NO8P. The van der Waals surface area contributed by atoms with Gasteiger partial charge >= 0.3 is 11.9 Å². The molecule has 10 heteroatoms. The average molecular weight is 780 g/mol. The Morgan fingerprint density at radius 2 is 1.04 bits per heavy atom. The van der Waals surface area contributed by atoms with Gasteiger partial charge in [0, 0.05) is 12.8 Å². The summed E-state index contributed by atoms with van der Waals surface area (Å²) in [6.07, 6.45) is 42.4. The van der Waals surface area contributed by atoms with Gasteiger partial charge in [-0.2, -0.15) is 0 Å². The zero-order valence-electron chi connectivity index (χ0n) is 34.9. The van der Waals surface area contributed by atoms with Crippen LogP contribution >= 0.6 is 7.82 Å². The molecule has 0 aliphatic rings. The van der Waals surface area contributed by atoms with E-state index in [0.717, 1.165) is 83.5 Å². The van der Waals surface area contributed by atoms with Crippen LogP contribution in [0.3, 0.4) is 0 Å². The largest absolute Gasteiger partial charge is 0.756 e. The Morgan fingerprint density at radius 3 is 1.59 bits per heavy atom. The van der Waals surface area contributed by atoms with Crippen molar-refractivity contribution in [3.05, 3.63) is 60.8 Å². The summed E-state index contributed by atoms with van der Waals surface area (Å²) in [5, 5.41) is 0. The summed E-state index contributed by atoms with van der Waals surface area (Å²) < 4.78 is 33.8. The van der Waals surface area contributed by atoms with Crippen LogP contribution in [0.1, 0.15) is 155 Å². The fraction of sp³-hybridized carbons (Fsp3) is 0.727. The molecule has 1 unspecified atom stereocenters. The van der Waals surface area contributed by atoms with E-state index < -0.39 is 32.5 Å². The van der Waals surface area contributed by atoms with Crippen LogP contribution in [0.5, 0.6) is 0 Å². The lowest BCUT2D eigenvalue weighted by molar-refractivity contribution is -0.870. The van der Waals surface area contributed by atoms with Gasteiger partial charge in [-0.3, -0.25) is 14.2 Å². The zero-order chi connectivity index (χ0) is 40.0. The van der Waals surface area contributed by atoms with Gasteiger partial charge in [0.2, 0.25) is 0 Å². The number of allylic oxidation sites excluding steroid dienone is 10. The van der Waals surface area contributed by atoms with Crippen LogP contribution in [0.25, 0.3) is 0 Å². The molecule has 0 amide bonds. The number of rotatable bonds is 37. The second-order valence-corrected chi connectivity index (χ2v) is 16.4. The molecular weight excluding hydrogens is 701 g/mol. The first-order chi connectivity index (χ1) is 26.0. The van der Waals surface area contributed by atoms with Crippen molar-refractivity contribution in [1.82, 2.24) is 0 Å². The van der Waals surface area contributed by atoms with E-state index >= 15 is 0 Å². The van der Waals surface area contributed by atoms with Crippen LogP contribution in [0.2, 0.25) is 0 Å². The molecule has 0 radical (unpaired) electrons. The van der Waals surface area contributed by atoms with Crippen LogP contribution in [0.4, 0.5) is 0 Å². The monoisotopic (exact) mass is 780 g/mol. The number of hydrogen-bond donors (Lipinski definition) is 0. The fourth-order valence-corrected chi connectivity index (χ4v) is 5.90. The van der Waals surface area contributed by atoms with E-state index in [1.165, 1.54) is 32.1 Å². The van der Waals surface area contributed by atoms with Gasteiger partial charge in [0.05, 0.1) is 27.7 Å². The number of ether oxygens (including phenoxy) is 2. The number of esters is 2. The van der Waals surface area contributed by atoms with Crippen molar-refractivity contribution in [2.45, 2.75) is 161 Å². The molecule has 0 saturated carbocycles. The van der Waals surface area contributed by atoms with Gasteiger partial charge in [0.15, 0.2) is 6.10 Å². The van der Waals surface area contributed by atoms with Crippen LogP contribution in [-0.2, 0) is 32.7 Å². The summed E-state index contributed by atoms with van der Waals surface area (Å²) in [5.74, 6) is -0.887. The maximum absolute atomic E-state index is 12.6. The highest BCUT2D eigenvalue weighted by molar-refractivity contribution is 7.45. The van der Waals surface area contributed by atoms with Crippen LogP contribution in [0.15, 0.2) is 60.8 Å². The van der Waals surface area contributed by atoms with Gasteiger partial charge in [-0.15, -0.1) is 0 Å². The van der Waals surface area contributed by atoms with Crippen molar-refractivity contribution in [3.8, 4) is 0 Å². The third kappa shape index (κ3) is 39.4. The first-order valence-corrected chi connectivity index (χ1v) is 22.5. The normalized spacial score (nSPS) is 14.3. The van der Waals surface area contributed by atoms with E-state index in [-0.39, 0.29) is 26.1 Å². The summed E-state index contributed by atoms with van der Waals surface area (Å²) >= 11 is 0. The zero-order valence-corrected chi connectivity index (χ0v) is 35.8. The van der Waals surface area contributed by atoms with Crippen molar-refractivity contribution < 1.29 is 42.1 Å². The minimum atomic E-state index is -4.63. The van der Waals surface area contributed by atoms with Gasteiger partial charge in [-0.25, -0.2) is 0 Å². The van der Waals surface area contributed by atoms with E-state index in [1.807, 2.05) is 21.1 Å². The fourth-order valence-electron chi connectivity index (χ4n) is 5.17. The Kier molecular flexibility index (Phi) is 34.8. The summed E-state index contributed by atoms with van der Waals surface area (Å²) in [5.41, 5.74) is 0. The summed E-state index contributed by atoms with van der Waals surface area (Å²) in [7, 11) is 1.13. The average Bonchev–Trinajstić information content (AvgIpc) is 3.12. The number of carbonyl (C=O) groups excluding carboxylic acids is 2. The summed E-state index contributed by atoms with van der Waals surface area (Å²) in [6, 6.07) is 0. The molecule has 0 aromatic rings. The van der Waals surface area contributed by atoms with Gasteiger partial charge < -0.3 is 27.9 Å². The van der Waals surface area contributed by atoms with E-state index in [0.29, 0.717) is 23.9 Å². The van der Waals surface area contributed by atoms with E-state index in [4.69, 9.17) is 18.5 Å². The van der Waals surface area contributed by atoms with E-state index in [2.05, 4.69) is 74.6 Å². The Hall–Kier alpha value is -2.29. The van der Waals surface area contributed by atoms with Crippen LogP contribution in [0, 0.1) is 0 Å². The summed E-state index contributed by atoms with van der Waals surface area (Å²) in [4.78, 5) is 37.4. The quantitative estimate of drug-likeness (QED) is 0.0201. The molecule has 0 rings (SSSR count). The molecule has 9 nitrogen and oxygen atoms in total. The number of hydrogen-bond acceptors (Lipinski definition) is 8. The van der Waals surface area contributed by atoms with Crippen LogP contribution in [-0.4, -0.2) is 70.0 Å². The van der Waals surface area contributed by atoms with Gasteiger partial charge in [0.25, 0.3) is 7.82 Å². The number of phosphoric ester groups is 1. The Bertz CT molecular complexity index is 1110. The molecule has 0 heterocycles. The topological polar surface area (TPSA) is 111 Å². The molecule has 0 bridgehead atoms. The molecule has 0 aliphatic heterocycles. The molecule has 0 aliphatic carbocycles. The number of unbranched alkanes of at least 4 members (excludes halogenated alkanes) is 13. The maximum atomic E-state index is 12.6. The molecule has 0 aromatic heterocycles. The highest BCUT2D eigenvalue weighted by atomic mass is 31.2. The van der Waals surface area contributed by atoms with Crippen molar-refractivity contribution in [3.63, 3.8) is 0 Å². The molecule has 312 valence electrons. The standard InChI is InChI=1S/C44H78NO8P/c1-6-8-10-12-14-16-18-20-21-22-23-25-26-28-30-32-34-36-43(46)50-40-42(41-52-54(48,49)51-39-38-45(3,4)5)53-44(47)37-35-33-31-29-27-24-19-17-15-13-11-9-7-2/h10,12,16-19,21-22,25-26,42H,6-9,11,13-15,20,23-24,27-41H2,1-5H3/b12-10+,18-16+,19-17+,22-21+,26-25+/t42-/m1/s1. The van der Waals surface area contributed by atoms with Crippen molar-refractivity contribution >= 4 is 19.8 Å². The van der Waals surface area contributed by atoms with Crippen molar-refractivity contribution in [1.29, 1.82) is 0 Å².